The zero-order chi connectivity index (χ0) is 14.6. The highest BCUT2D eigenvalue weighted by atomic mass is 79.9. The van der Waals surface area contributed by atoms with Gasteiger partial charge in [-0.1, -0.05) is 54.8 Å². The van der Waals surface area contributed by atoms with Crippen LogP contribution in [0.3, 0.4) is 0 Å². The van der Waals surface area contributed by atoms with Crippen LogP contribution in [0.15, 0.2) is 24.3 Å². The van der Waals surface area contributed by atoms with Crippen LogP contribution >= 0.6 is 15.9 Å². The molecule has 0 saturated heterocycles. The molecule has 2 heteroatoms. The molecule has 2 rings (SSSR count). The molecule has 0 N–H and O–H groups in total. The Bertz CT molecular complexity index is 421. The third-order valence-electron chi connectivity index (χ3n) is 4.63. The molecule has 20 heavy (non-hydrogen) atoms. The van der Waals surface area contributed by atoms with E-state index in [1.807, 2.05) is 6.07 Å². The summed E-state index contributed by atoms with van der Waals surface area (Å²) in [6, 6.07) is 8.50. The quantitative estimate of drug-likeness (QED) is 0.612. The molecule has 0 heterocycles. The van der Waals surface area contributed by atoms with Gasteiger partial charge in [0.05, 0.1) is 7.11 Å². The van der Waals surface area contributed by atoms with E-state index in [9.17, 15) is 0 Å². The number of benzene rings is 1. The average Bonchev–Trinajstić information content (AvgIpc) is 2.88. The van der Waals surface area contributed by atoms with Crippen LogP contribution in [0.2, 0.25) is 0 Å². The largest absolute Gasteiger partial charge is 0.497 e. The van der Waals surface area contributed by atoms with Crippen molar-refractivity contribution in [2.45, 2.75) is 57.2 Å². The van der Waals surface area contributed by atoms with E-state index in [0.717, 1.165) is 18.1 Å². The minimum Gasteiger partial charge on any atom is -0.497 e. The Morgan fingerprint density at radius 3 is 2.55 bits per heavy atom. The lowest BCUT2D eigenvalue weighted by molar-refractivity contribution is 0.228. The summed E-state index contributed by atoms with van der Waals surface area (Å²) in [4.78, 5) is 0.576. The lowest BCUT2D eigenvalue weighted by Crippen LogP contribution is -2.31. The summed E-state index contributed by atoms with van der Waals surface area (Å²) in [5, 5.41) is 0. The maximum Gasteiger partial charge on any atom is 0.119 e. The molecular weight excluding hydrogens is 312 g/mol. The molecule has 1 saturated carbocycles. The van der Waals surface area contributed by atoms with Crippen LogP contribution in [-0.4, -0.2) is 11.9 Å². The lowest BCUT2D eigenvalue weighted by atomic mass is 9.74. The van der Waals surface area contributed by atoms with Gasteiger partial charge in [0.25, 0.3) is 0 Å². The molecule has 0 bridgehead atoms. The molecule has 0 spiro atoms. The Hall–Kier alpha value is -0.500. The smallest absolute Gasteiger partial charge is 0.119 e. The van der Waals surface area contributed by atoms with Gasteiger partial charge in [0, 0.05) is 4.83 Å². The number of alkyl halides is 1. The van der Waals surface area contributed by atoms with Crippen LogP contribution in [0.25, 0.3) is 0 Å². The molecule has 1 aromatic carbocycles. The van der Waals surface area contributed by atoms with Crippen molar-refractivity contribution in [3.8, 4) is 5.75 Å². The zero-order valence-electron chi connectivity index (χ0n) is 13.0. The number of methoxy groups -OCH3 is 1. The predicted octanol–water partition coefficient (Wildman–Crippen LogP) is 5.61. The van der Waals surface area contributed by atoms with Crippen molar-refractivity contribution in [2.75, 3.05) is 7.11 Å². The molecule has 1 aromatic rings. The topological polar surface area (TPSA) is 9.23 Å². The Morgan fingerprint density at radius 1 is 1.25 bits per heavy atom. The van der Waals surface area contributed by atoms with Crippen LogP contribution < -0.4 is 4.74 Å². The van der Waals surface area contributed by atoms with Crippen molar-refractivity contribution < 1.29 is 4.74 Å². The second-order valence-corrected chi connectivity index (χ2v) is 7.80. The van der Waals surface area contributed by atoms with E-state index in [4.69, 9.17) is 4.74 Å². The monoisotopic (exact) mass is 338 g/mol. The highest BCUT2D eigenvalue weighted by Crippen LogP contribution is 2.49. The Morgan fingerprint density at radius 2 is 1.95 bits per heavy atom. The average molecular weight is 339 g/mol. The van der Waals surface area contributed by atoms with E-state index >= 15 is 0 Å². The van der Waals surface area contributed by atoms with E-state index in [-0.39, 0.29) is 0 Å². The molecule has 0 aromatic heterocycles. The molecule has 1 aliphatic rings. The molecule has 0 amide bonds. The van der Waals surface area contributed by atoms with Crippen LogP contribution in [0.5, 0.6) is 5.75 Å². The second-order valence-electron chi connectivity index (χ2n) is 6.69. The normalized spacial score (nSPS) is 19.2. The van der Waals surface area contributed by atoms with E-state index in [1.165, 1.54) is 37.7 Å². The van der Waals surface area contributed by atoms with Gasteiger partial charge in [0.1, 0.15) is 5.75 Å². The summed E-state index contributed by atoms with van der Waals surface area (Å²) in [6.07, 6.45) is 7.99. The van der Waals surface area contributed by atoms with Crippen LogP contribution in [-0.2, 0) is 6.42 Å². The van der Waals surface area contributed by atoms with Crippen LogP contribution in [0, 0.1) is 11.3 Å². The first-order valence-electron chi connectivity index (χ1n) is 7.83. The molecule has 1 fully saturated rings. The minimum absolute atomic E-state index is 0.497. The summed E-state index contributed by atoms with van der Waals surface area (Å²) in [5.41, 5.74) is 1.87. The fourth-order valence-electron chi connectivity index (χ4n) is 3.76. The van der Waals surface area contributed by atoms with Gasteiger partial charge in [-0.2, -0.15) is 0 Å². The number of hydrogen-bond donors (Lipinski definition) is 0. The predicted molar refractivity (Wildman–Crippen MR) is 89.8 cm³/mol. The summed E-state index contributed by atoms with van der Waals surface area (Å²) >= 11 is 4.03. The Balaban J connectivity index is 2.09. The van der Waals surface area contributed by atoms with Crippen LogP contribution in [0.4, 0.5) is 0 Å². The van der Waals surface area contributed by atoms with E-state index in [2.05, 4.69) is 48.0 Å². The van der Waals surface area contributed by atoms with E-state index < -0.39 is 0 Å². The zero-order valence-corrected chi connectivity index (χ0v) is 14.6. The minimum atomic E-state index is 0.497. The first-order valence-corrected chi connectivity index (χ1v) is 8.74. The van der Waals surface area contributed by atoms with Crippen LogP contribution in [0.1, 0.15) is 51.5 Å². The third kappa shape index (κ3) is 3.78. The van der Waals surface area contributed by atoms with Gasteiger partial charge in [-0.3, -0.25) is 0 Å². The standard InChI is InChI=1S/C18H27BrO/c1-14(2)13-18(9-4-5-10-18)17(19)12-15-7-6-8-16(11-15)20-3/h6-8,11,14,17H,4-5,9-10,12-13H2,1-3H3. The van der Waals surface area contributed by atoms with Gasteiger partial charge in [0.2, 0.25) is 0 Å². The summed E-state index contributed by atoms with van der Waals surface area (Å²) in [7, 11) is 1.74. The van der Waals surface area contributed by atoms with Crippen molar-refractivity contribution in [3.05, 3.63) is 29.8 Å². The van der Waals surface area contributed by atoms with Crippen molar-refractivity contribution in [1.82, 2.24) is 0 Å². The maximum atomic E-state index is 5.34. The molecule has 0 radical (unpaired) electrons. The van der Waals surface area contributed by atoms with Gasteiger partial charge in [-0.05, 0) is 54.7 Å². The van der Waals surface area contributed by atoms with Crippen molar-refractivity contribution >= 4 is 15.9 Å². The first kappa shape index (κ1) is 15.9. The molecule has 1 aliphatic carbocycles. The first-order chi connectivity index (χ1) is 9.55. The number of hydrogen-bond acceptors (Lipinski definition) is 1. The van der Waals surface area contributed by atoms with Crippen molar-refractivity contribution in [1.29, 1.82) is 0 Å². The van der Waals surface area contributed by atoms with Gasteiger partial charge in [-0.25, -0.2) is 0 Å². The molecule has 1 atom stereocenters. The molecule has 1 unspecified atom stereocenters. The molecular formula is C18H27BrO. The number of halogens is 1. The molecule has 1 nitrogen and oxygen atoms in total. The second kappa shape index (κ2) is 6.98. The van der Waals surface area contributed by atoms with Gasteiger partial charge in [0.15, 0.2) is 0 Å². The summed E-state index contributed by atoms with van der Waals surface area (Å²) in [6.45, 7) is 4.71. The third-order valence-corrected chi connectivity index (χ3v) is 5.92. The summed E-state index contributed by atoms with van der Waals surface area (Å²) in [5.74, 6) is 1.74. The molecule has 112 valence electrons. The highest BCUT2D eigenvalue weighted by molar-refractivity contribution is 9.09. The van der Waals surface area contributed by atoms with Gasteiger partial charge < -0.3 is 4.74 Å². The Labute approximate surface area is 132 Å². The van der Waals surface area contributed by atoms with Crippen molar-refractivity contribution in [3.63, 3.8) is 0 Å². The molecule has 0 aliphatic heterocycles. The number of rotatable bonds is 6. The fourth-order valence-corrected chi connectivity index (χ4v) is 4.78. The summed E-state index contributed by atoms with van der Waals surface area (Å²) < 4.78 is 5.34. The maximum absolute atomic E-state index is 5.34. The van der Waals surface area contributed by atoms with E-state index in [0.29, 0.717) is 10.2 Å². The number of ether oxygens (including phenoxy) is 1. The van der Waals surface area contributed by atoms with Gasteiger partial charge in [-0.15, -0.1) is 0 Å². The van der Waals surface area contributed by atoms with Gasteiger partial charge >= 0.3 is 0 Å². The Kier molecular flexibility index (Phi) is 5.54. The van der Waals surface area contributed by atoms with Crippen molar-refractivity contribution in [2.24, 2.45) is 11.3 Å². The highest BCUT2D eigenvalue weighted by Gasteiger charge is 2.40. The SMILES string of the molecule is COc1cccc(CC(Br)C2(CC(C)C)CCCC2)c1. The lowest BCUT2D eigenvalue weighted by Gasteiger charge is -2.36. The fraction of sp³-hybridized carbons (Fsp3) is 0.667. The van der Waals surface area contributed by atoms with E-state index in [1.54, 1.807) is 7.11 Å².